The van der Waals surface area contributed by atoms with E-state index in [1.807, 2.05) is 0 Å². The fourth-order valence-electron chi connectivity index (χ4n) is 0.878. The largest absolute Gasteiger partial charge is 0.490 e. The Labute approximate surface area is 79.2 Å². The van der Waals surface area contributed by atoms with Crippen LogP contribution in [-0.4, -0.2) is 33.2 Å². The molecule has 0 aliphatic carbocycles. The second-order valence-electron chi connectivity index (χ2n) is 2.46. The summed E-state index contributed by atoms with van der Waals surface area (Å²) in [6.07, 6.45) is 0.995. The lowest BCUT2D eigenvalue weighted by Crippen LogP contribution is -2.31. The Morgan fingerprint density at radius 2 is 2.21 bits per heavy atom. The summed E-state index contributed by atoms with van der Waals surface area (Å²) < 4.78 is 0. The minimum atomic E-state index is -1.77. The van der Waals surface area contributed by atoms with E-state index in [0.29, 0.717) is 0 Å². The minimum Gasteiger partial charge on any atom is -0.476 e. The Morgan fingerprint density at radius 3 is 2.64 bits per heavy atom. The second-order valence-corrected chi connectivity index (χ2v) is 2.46. The van der Waals surface area contributed by atoms with Gasteiger partial charge in [-0.1, -0.05) is 0 Å². The van der Waals surface area contributed by atoms with Gasteiger partial charge in [0.1, 0.15) is 6.07 Å². The lowest BCUT2D eigenvalue weighted by atomic mass is 9.81. The van der Waals surface area contributed by atoms with Gasteiger partial charge in [-0.15, -0.1) is 0 Å². The molecule has 1 rings (SSSR count). The van der Waals surface area contributed by atoms with Crippen molar-refractivity contribution in [2.45, 2.75) is 0 Å². The van der Waals surface area contributed by atoms with Crippen molar-refractivity contribution >= 4 is 18.6 Å². The topological polar surface area (TPSA) is 114 Å². The van der Waals surface area contributed by atoms with Gasteiger partial charge in [0.25, 0.3) is 0 Å². The molecule has 0 saturated heterocycles. The maximum Gasteiger partial charge on any atom is 0.490 e. The summed E-state index contributed by atoms with van der Waals surface area (Å²) in [6.45, 7) is 0. The zero-order valence-electron chi connectivity index (χ0n) is 6.88. The number of carbonyl (C=O) groups is 1. The van der Waals surface area contributed by atoms with Crippen LogP contribution < -0.4 is 5.46 Å². The van der Waals surface area contributed by atoms with Crippen molar-refractivity contribution < 1.29 is 19.9 Å². The fraction of sp³-hybridized carbons (Fsp3) is 0. The number of pyridine rings is 1. The average Bonchev–Trinajstić information content (AvgIpc) is 2.16. The maximum atomic E-state index is 10.5. The highest BCUT2D eigenvalue weighted by Crippen LogP contribution is 2.01. The van der Waals surface area contributed by atoms with Crippen LogP contribution in [-0.2, 0) is 0 Å². The SMILES string of the molecule is N#Cc1cc(B(O)O)cnc1C(=O)O. The van der Waals surface area contributed by atoms with E-state index < -0.39 is 18.8 Å². The summed E-state index contributed by atoms with van der Waals surface area (Å²) in [6, 6.07) is 2.68. The summed E-state index contributed by atoms with van der Waals surface area (Å²) in [5.74, 6) is -1.33. The van der Waals surface area contributed by atoms with E-state index in [9.17, 15) is 4.79 Å². The number of aromatic nitrogens is 1. The van der Waals surface area contributed by atoms with Crippen molar-refractivity contribution in [3.8, 4) is 6.07 Å². The van der Waals surface area contributed by atoms with Crippen LogP contribution in [0.5, 0.6) is 0 Å². The summed E-state index contributed by atoms with van der Waals surface area (Å²) in [7, 11) is -1.77. The molecule has 0 unspecified atom stereocenters. The van der Waals surface area contributed by atoms with Gasteiger partial charge in [0.05, 0.1) is 5.56 Å². The first kappa shape index (κ1) is 10.2. The number of aromatic carboxylic acids is 1. The molecule has 0 spiro atoms. The number of hydrogen-bond acceptors (Lipinski definition) is 5. The van der Waals surface area contributed by atoms with Crippen molar-refractivity contribution in [2.75, 3.05) is 0 Å². The van der Waals surface area contributed by atoms with Gasteiger partial charge in [0, 0.05) is 11.7 Å². The van der Waals surface area contributed by atoms with Crippen LogP contribution in [0.1, 0.15) is 16.1 Å². The van der Waals surface area contributed by atoms with Gasteiger partial charge in [-0.2, -0.15) is 5.26 Å². The molecule has 0 fully saturated rings. The standard InChI is InChI=1S/C7H5BN2O4/c9-2-4-1-5(8(13)14)3-10-6(4)7(11)12/h1,3,13-14H,(H,11,12). The molecule has 0 radical (unpaired) electrons. The number of hydrogen-bond donors (Lipinski definition) is 3. The van der Waals surface area contributed by atoms with E-state index in [2.05, 4.69) is 4.98 Å². The third-order valence-electron chi connectivity index (χ3n) is 1.53. The van der Waals surface area contributed by atoms with Crippen molar-refractivity contribution in [1.29, 1.82) is 5.26 Å². The summed E-state index contributed by atoms with van der Waals surface area (Å²) >= 11 is 0. The van der Waals surface area contributed by atoms with Gasteiger partial charge in [-0.3, -0.25) is 0 Å². The van der Waals surface area contributed by atoms with Gasteiger partial charge in [-0.25, -0.2) is 9.78 Å². The Bertz CT molecular complexity index is 413. The average molecular weight is 192 g/mol. The number of nitrogens with zero attached hydrogens (tertiary/aromatic N) is 2. The number of carboxylic acid groups (broad SMARTS) is 1. The van der Waals surface area contributed by atoms with E-state index >= 15 is 0 Å². The van der Waals surface area contributed by atoms with Crippen LogP contribution in [0.3, 0.4) is 0 Å². The predicted octanol–water partition coefficient (Wildman–Crippen LogP) is -1.67. The van der Waals surface area contributed by atoms with E-state index in [1.54, 1.807) is 6.07 Å². The molecule has 70 valence electrons. The summed E-state index contributed by atoms with van der Waals surface area (Å²) in [4.78, 5) is 14.0. The molecule has 0 aromatic carbocycles. The molecule has 0 aliphatic heterocycles. The van der Waals surface area contributed by atoms with Crippen LogP contribution in [0.25, 0.3) is 0 Å². The molecular formula is C7H5BN2O4. The number of carboxylic acids is 1. The van der Waals surface area contributed by atoms with Crippen LogP contribution in [0.4, 0.5) is 0 Å². The van der Waals surface area contributed by atoms with Crippen LogP contribution >= 0.6 is 0 Å². The van der Waals surface area contributed by atoms with Crippen molar-refractivity contribution in [1.82, 2.24) is 4.98 Å². The first-order valence-electron chi connectivity index (χ1n) is 3.55. The lowest BCUT2D eigenvalue weighted by molar-refractivity contribution is 0.0690. The van der Waals surface area contributed by atoms with Crippen molar-refractivity contribution in [2.24, 2.45) is 0 Å². The molecule has 0 aliphatic rings. The van der Waals surface area contributed by atoms with Crippen molar-refractivity contribution in [3.63, 3.8) is 0 Å². The van der Waals surface area contributed by atoms with Gasteiger partial charge in [-0.05, 0) is 6.07 Å². The Hall–Kier alpha value is -1.91. The number of nitriles is 1. The van der Waals surface area contributed by atoms with Crippen molar-refractivity contribution in [3.05, 3.63) is 23.5 Å². The molecule has 1 heterocycles. The van der Waals surface area contributed by atoms with Gasteiger partial charge >= 0.3 is 13.1 Å². The van der Waals surface area contributed by atoms with Gasteiger partial charge in [0.15, 0.2) is 5.69 Å². The maximum absolute atomic E-state index is 10.5. The van der Waals surface area contributed by atoms with E-state index in [0.717, 1.165) is 12.3 Å². The monoisotopic (exact) mass is 192 g/mol. The highest BCUT2D eigenvalue weighted by atomic mass is 16.4. The molecule has 7 heteroatoms. The third kappa shape index (κ3) is 1.88. The Balaban J connectivity index is 3.27. The van der Waals surface area contributed by atoms with Crippen LogP contribution in [0.15, 0.2) is 12.3 Å². The molecule has 1 aromatic heterocycles. The molecule has 0 amide bonds. The molecule has 0 saturated carbocycles. The molecule has 0 bridgehead atoms. The van der Waals surface area contributed by atoms with Gasteiger partial charge < -0.3 is 15.2 Å². The molecular weight excluding hydrogens is 187 g/mol. The molecule has 14 heavy (non-hydrogen) atoms. The molecule has 1 aromatic rings. The smallest absolute Gasteiger partial charge is 0.476 e. The third-order valence-corrected chi connectivity index (χ3v) is 1.53. The zero-order chi connectivity index (χ0) is 10.7. The van der Waals surface area contributed by atoms with E-state index in [4.69, 9.17) is 20.4 Å². The summed E-state index contributed by atoms with van der Waals surface area (Å²) in [5, 5.41) is 34.6. The quantitative estimate of drug-likeness (QED) is 0.482. The van der Waals surface area contributed by atoms with E-state index in [1.165, 1.54) is 0 Å². The summed E-state index contributed by atoms with van der Waals surface area (Å²) in [5.41, 5.74) is -0.633. The predicted molar refractivity (Wildman–Crippen MR) is 45.7 cm³/mol. The highest BCUT2D eigenvalue weighted by molar-refractivity contribution is 6.58. The van der Waals surface area contributed by atoms with Gasteiger partial charge in [0.2, 0.25) is 0 Å². The lowest BCUT2D eigenvalue weighted by Gasteiger charge is -2.01. The zero-order valence-corrected chi connectivity index (χ0v) is 6.88. The van der Waals surface area contributed by atoms with E-state index in [-0.39, 0.29) is 11.0 Å². The van der Waals surface area contributed by atoms with Crippen LogP contribution in [0, 0.1) is 11.3 Å². The molecule has 6 nitrogen and oxygen atoms in total. The first-order chi connectivity index (χ1) is 6.56. The number of rotatable bonds is 2. The normalized spacial score (nSPS) is 9.21. The van der Waals surface area contributed by atoms with Crippen LogP contribution in [0.2, 0.25) is 0 Å². The first-order valence-corrected chi connectivity index (χ1v) is 3.55. The minimum absolute atomic E-state index is 0.0217. The Kier molecular flexibility index (Phi) is 2.81. The molecule has 0 atom stereocenters. The Morgan fingerprint density at radius 1 is 1.57 bits per heavy atom. The highest BCUT2D eigenvalue weighted by Gasteiger charge is 2.17. The second kappa shape index (κ2) is 3.87. The fourth-order valence-corrected chi connectivity index (χ4v) is 0.878. The molecule has 3 N–H and O–H groups in total.